The highest BCUT2D eigenvalue weighted by molar-refractivity contribution is 7.12. The molecule has 0 bridgehead atoms. The van der Waals surface area contributed by atoms with Gasteiger partial charge < -0.3 is 11.1 Å². The molecule has 0 fully saturated rings. The molecule has 0 aliphatic carbocycles. The fraction of sp³-hybridized carbons (Fsp3) is 0. The molecule has 0 aliphatic rings. The third-order valence-electron chi connectivity index (χ3n) is 3.63. The molecule has 0 unspecified atom stereocenters. The van der Waals surface area contributed by atoms with E-state index in [-0.39, 0.29) is 11.9 Å². The molecule has 0 spiro atoms. The second-order valence-electron chi connectivity index (χ2n) is 5.32. The van der Waals surface area contributed by atoms with Crippen molar-refractivity contribution >= 4 is 46.1 Å². The van der Waals surface area contributed by atoms with Crippen LogP contribution < -0.4 is 11.1 Å². The van der Waals surface area contributed by atoms with Gasteiger partial charge in [-0.25, -0.2) is 4.52 Å². The first-order valence-corrected chi connectivity index (χ1v) is 8.62. The van der Waals surface area contributed by atoms with Crippen LogP contribution in [0.1, 0.15) is 9.67 Å². The predicted molar refractivity (Wildman–Crippen MR) is 100 cm³/mol. The minimum Gasteiger partial charge on any atom is -0.366 e. The molecule has 3 N–H and O–H groups in total. The molecule has 8 heteroatoms. The van der Waals surface area contributed by atoms with Crippen LogP contribution in [0.25, 0.3) is 16.8 Å². The zero-order valence-electron chi connectivity index (χ0n) is 12.8. The van der Waals surface area contributed by atoms with Crippen molar-refractivity contribution in [3.8, 4) is 11.1 Å². The van der Waals surface area contributed by atoms with Gasteiger partial charge in [0, 0.05) is 11.8 Å². The highest BCUT2D eigenvalue weighted by Gasteiger charge is 2.12. The van der Waals surface area contributed by atoms with E-state index < -0.39 is 0 Å². The van der Waals surface area contributed by atoms with E-state index >= 15 is 0 Å². The number of carbonyl (C=O) groups excluding carboxylic acids is 1. The number of nitrogens with zero attached hydrogens (tertiary/aromatic N) is 3. The molecule has 3 heterocycles. The number of carbonyl (C=O) groups is 1. The zero-order chi connectivity index (χ0) is 17.4. The molecule has 0 radical (unpaired) electrons. The van der Waals surface area contributed by atoms with E-state index in [1.807, 2.05) is 41.9 Å². The lowest BCUT2D eigenvalue weighted by Gasteiger charge is -2.05. The molecule has 3 aromatic heterocycles. The maximum atomic E-state index is 12.4. The molecule has 1 amide bonds. The van der Waals surface area contributed by atoms with Crippen molar-refractivity contribution in [3.05, 3.63) is 63.9 Å². The number of nitrogens with one attached hydrogen (secondary N) is 1. The molecule has 0 saturated carbocycles. The van der Waals surface area contributed by atoms with Crippen molar-refractivity contribution in [1.82, 2.24) is 14.6 Å². The summed E-state index contributed by atoms with van der Waals surface area (Å²) >= 11 is 7.44. The summed E-state index contributed by atoms with van der Waals surface area (Å²) in [5, 5.41) is 9.34. The van der Waals surface area contributed by atoms with Gasteiger partial charge in [-0.1, -0.05) is 23.7 Å². The second-order valence-corrected chi connectivity index (χ2v) is 6.64. The van der Waals surface area contributed by atoms with E-state index in [0.29, 0.717) is 21.2 Å². The number of aromatic nitrogens is 3. The third-order valence-corrected chi connectivity index (χ3v) is 4.88. The average molecular weight is 370 g/mol. The fourth-order valence-electron chi connectivity index (χ4n) is 2.42. The Bertz CT molecular complexity index is 1090. The minimum atomic E-state index is -0.199. The van der Waals surface area contributed by atoms with Gasteiger partial charge in [0.2, 0.25) is 5.95 Å². The molecule has 0 aliphatic heterocycles. The van der Waals surface area contributed by atoms with E-state index in [9.17, 15) is 4.79 Å². The summed E-state index contributed by atoms with van der Waals surface area (Å²) < 4.78 is 1.62. The van der Waals surface area contributed by atoms with E-state index in [4.69, 9.17) is 17.3 Å². The van der Waals surface area contributed by atoms with Crippen molar-refractivity contribution in [1.29, 1.82) is 0 Å². The number of nitrogens with two attached hydrogens (primary N) is 1. The van der Waals surface area contributed by atoms with Gasteiger partial charge >= 0.3 is 0 Å². The highest BCUT2D eigenvalue weighted by Crippen LogP contribution is 2.27. The number of hydrogen-bond donors (Lipinski definition) is 2. The highest BCUT2D eigenvalue weighted by atomic mass is 35.5. The Morgan fingerprint density at radius 1 is 1.20 bits per heavy atom. The maximum absolute atomic E-state index is 12.4. The quantitative estimate of drug-likeness (QED) is 0.572. The van der Waals surface area contributed by atoms with Crippen LogP contribution in [0.15, 0.2) is 54.0 Å². The topological polar surface area (TPSA) is 85.3 Å². The SMILES string of the molecule is Nc1nc2ccc(-c3csc(C(=O)Nc4ccccc4Cl)c3)cn2n1. The number of rotatable bonds is 3. The van der Waals surface area contributed by atoms with Crippen molar-refractivity contribution in [2.45, 2.75) is 0 Å². The van der Waals surface area contributed by atoms with Gasteiger partial charge in [-0.3, -0.25) is 4.79 Å². The summed E-state index contributed by atoms with van der Waals surface area (Å²) in [4.78, 5) is 17.1. The number of benzene rings is 1. The number of nitrogen functional groups attached to an aromatic ring is 1. The van der Waals surface area contributed by atoms with Crippen molar-refractivity contribution in [3.63, 3.8) is 0 Å². The lowest BCUT2D eigenvalue weighted by molar-refractivity contribution is 0.103. The number of fused-ring (bicyclic) bond motifs is 1. The van der Waals surface area contributed by atoms with E-state index in [0.717, 1.165) is 11.1 Å². The van der Waals surface area contributed by atoms with Gasteiger partial charge in [0.1, 0.15) is 0 Å². The largest absolute Gasteiger partial charge is 0.366 e. The van der Waals surface area contributed by atoms with Crippen molar-refractivity contribution in [2.75, 3.05) is 11.1 Å². The first-order valence-electron chi connectivity index (χ1n) is 7.37. The molecule has 1 aromatic carbocycles. The van der Waals surface area contributed by atoms with Crippen LogP contribution in [0, 0.1) is 0 Å². The van der Waals surface area contributed by atoms with Crippen LogP contribution in [0.5, 0.6) is 0 Å². The van der Waals surface area contributed by atoms with Gasteiger partial charge in [-0.2, -0.15) is 4.98 Å². The third kappa shape index (κ3) is 3.07. The molecule has 6 nitrogen and oxygen atoms in total. The molecule has 124 valence electrons. The molecule has 0 saturated heterocycles. The van der Waals surface area contributed by atoms with Crippen LogP contribution in [0.4, 0.5) is 11.6 Å². The smallest absolute Gasteiger partial charge is 0.265 e. The summed E-state index contributed by atoms with van der Waals surface area (Å²) in [6.45, 7) is 0. The number of para-hydroxylation sites is 1. The van der Waals surface area contributed by atoms with Gasteiger partial charge in [0.25, 0.3) is 5.91 Å². The van der Waals surface area contributed by atoms with E-state index in [1.165, 1.54) is 11.3 Å². The second kappa shape index (κ2) is 6.19. The molecule has 4 rings (SSSR count). The number of thiophene rings is 1. The molecule has 0 atom stereocenters. The van der Waals surface area contributed by atoms with Crippen molar-refractivity contribution < 1.29 is 4.79 Å². The van der Waals surface area contributed by atoms with Gasteiger partial charge in [-0.05, 0) is 41.3 Å². The monoisotopic (exact) mass is 369 g/mol. The van der Waals surface area contributed by atoms with Gasteiger partial charge in [-0.15, -0.1) is 16.4 Å². The van der Waals surface area contributed by atoms with Crippen LogP contribution in [-0.4, -0.2) is 20.5 Å². The lowest BCUT2D eigenvalue weighted by atomic mass is 10.1. The molecular weight excluding hydrogens is 358 g/mol. The maximum Gasteiger partial charge on any atom is 0.265 e. The summed E-state index contributed by atoms with van der Waals surface area (Å²) in [5.41, 5.74) is 8.71. The molecular formula is C17H12ClN5OS. The predicted octanol–water partition coefficient (Wildman–Crippen LogP) is 3.95. The Kier molecular flexibility index (Phi) is 3.87. The summed E-state index contributed by atoms with van der Waals surface area (Å²) in [6.07, 6.45) is 1.83. The van der Waals surface area contributed by atoms with Gasteiger partial charge in [0.15, 0.2) is 5.65 Å². The van der Waals surface area contributed by atoms with E-state index in [1.54, 1.807) is 16.6 Å². The van der Waals surface area contributed by atoms with Crippen LogP contribution in [0.3, 0.4) is 0 Å². The number of pyridine rings is 1. The Labute approximate surface area is 151 Å². The zero-order valence-corrected chi connectivity index (χ0v) is 14.4. The minimum absolute atomic E-state index is 0.199. The van der Waals surface area contributed by atoms with Crippen molar-refractivity contribution in [2.24, 2.45) is 0 Å². The summed E-state index contributed by atoms with van der Waals surface area (Å²) in [5.74, 6) is 0.0257. The van der Waals surface area contributed by atoms with Crippen LogP contribution in [0.2, 0.25) is 5.02 Å². The number of halogens is 1. The van der Waals surface area contributed by atoms with Gasteiger partial charge in [0.05, 0.1) is 15.6 Å². The number of anilines is 2. The Balaban J connectivity index is 1.60. The van der Waals surface area contributed by atoms with Crippen LogP contribution >= 0.6 is 22.9 Å². The Hall–Kier alpha value is -2.90. The number of hydrogen-bond acceptors (Lipinski definition) is 5. The standard InChI is InChI=1S/C17H12ClN5OS/c18-12-3-1-2-4-13(12)20-16(24)14-7-11(9-25-14)10-5-6-15-21-17(19)22-23(15)8-10/h1-9H,(H2,19,22)(H,20,24). The van der Waals surface area contributed by atoms with Crippen LogP contribution in [-0.2, 0) is 0 Å². The summed E-state index contributed by atoms with van der Waals surface area (Å²) in [6, 6.07) is 12.7. The Morgan fingerprint density at radius 2 is 2.04 bits per heavy atom. The lowest BCUT2D eigenvalue weighted by Crippen LogP contribution is -2.10. The first-order chi connectivity index (χ1) is 12.1. The molecule has 25 heavy (non-hydrogen) atoms. The fourth-order valence-corrected chi connectivity index (χ4v) is 3.42. The van der Waals surface area contributed by atoms with E-state index in [2.05, 4.69) is 15.4 Å². The first kappa shape index (κ1) is 15.6. The molecule has 4 aromatic rings. The summed E-state index contributed by atoms with van der Waals surface area (Å²) in [7, 11) is 0. The normalized spacial score (nSPS) is 10.9. The Morgan fingerprint density at radius 3 is 2.88 bits per heavy atom. The number of amides is 1. The average Bonchev–Trinajstić information content (AvgIpc) is 3.21.